The molecule has 2 N–H and O–H groups in total. The Kier molecular flexibility index (Phi) is 3.41. The van der Waals surface area contributed by atoms with Crippen LogP contribution in [-0.2, 0) is 6.61 Å². The van der Waals surface area contributed by atoms with Crippen molar-refractivity contribution in [1.29, 1.82) is 0 Å². The predicted octanol–water partition coefficient (Wildman–Crippen LogP) is 2.38. The number of anilines is 1. The molecule has 2 atom stereocenters. The number of hydrogen-bond donors (Lipinski definition) is 2. The van der Waals surface area contributed by atoms with Crippen LogP contribution in [-0.4, -0.2) is 56.3 Å². The van der Waals surface area contributed by atoms with Crippen LogP contribution < -0.4 is 4.90 Å². The predicted molar refractivity (Wildman–Crippen MR) is 95.3 cm³/mol. The van der Waals surface area contributed by atoms with Gasteiger partial charge in [-0.1, -0.05) is 6.07 Å². The van der Waals surface area contributed by atoms with Crippen molar-refractivity contribution >= 4 is 34.5 Å². The van der Waals surface area contributed by atoms with Crippen LogP contribution in [0, 0.1) is 0 Å². The van der Waals surface area contributed by atoms with E-state index in [0.29, 0.717) is 35.8 Å². The topological polar surface area (TPSA) is 103 Å². The Morgan fingerprint density at radius 1 is 1.35 bits per heavy atom. The molecule has 2 aromatic heterocycles. The second-order valence-electron chi connectivity index (χ2n) is 6.58. The van der Waals surface area contributed by atoms with E-state index in [0.717, 1.165) is 17.0 Å². The molecule has 3 aliphatic heterocycles. The molecule has 134 valence electrons. The fourth-order valence-electron chi connectivity index (χ4n) is 3.91. The summed E-state index contributed by atoms with van der Waals surface area (Å²) in [6, 6.07) is 4.17. The highest BCUT2D eigenvalue weighted by atomic mass is 32.1. The van der Waals surface area contributed by atoms with E-state index in [1.807, 2.05) is 22.4 Å². The first kappa shape index (κ1) is 15.6. The first-order valence-electron chi connectivity index (χ1n) is 8.35. The minimum atomic E-state index is -0.864. The highest BCUT2D eigenvalue weighted by molar-refractivity contribution is 7.13. The zero-order valence-corrected chi connectivity index (χ0v) is 14.5. The zero-order chi connectivity index (χ0) is 17.8. The smallest absolute Gasteiger partial charge is 0.407 e. The highest BCUT2D eigenvalue weighted by Crippen LogP contribution is 2.38. The van der Waals surface area contributed by atoms with Crippen LogP contribution in [0.1, 0.15) is 12.0 Å². The van der Waals surface area contributed by atoms with Gasteiger partial charge in [0.25, 0.3) is 6.01 Å². The lowest BCUT2D eigenvalue weighted by atomic mass is 9.88. The van der Waals surface area contributed by atoms with E-state index < -0.39 is 6.09 Å². The van der Waals surface area contributed by atoms with Gasteiger partial charge < -0.3 is 19.5 Å². The molecule has 1 amide bonds. The van der Waals surface area contributed by atoms with Gasteiger partial charge in [0.15, 0.2) is 5.58 Å². The largest absolute Gasteiger partial charge is 0.465 e. The summed E-state index contributed by atoms with van der Waals surface area (Å²) in [5, 5.41) is 21.6. The third-order valence-electron chi connectivity index (χ3n) is 5.13. The van der Waals surface area contributed by atoms with Crippen molar-refractivity contribution in [3.63, 3.8) is 0 Å². The number of amides is 1. The summed E-state index contributed by atoms with van der Waals surface area (Å²) in [6.07, 6.45) is 1.76. The lowest BCUT2D eigenvalue weighted by molar-refractivity contribution is 0.0101. The number of piperazine rings is 1. The first-order chi connectivity index (χ1) is 12.7. The Bertz CT molecular complexity index is 974. The number of hydrogen-bond acceptors (Lipinski definition) is 7. The third kappa shape index (κ3) is 2.20. The fourth-order valence-corrected chi connectivity index (χ4v) is 4.57. The number of oxazole rings is 1. The summed E-state index contributed by atoms with van der Waals surface area (Å²) in [7, 11) is 0. The normalized spacial score (nSPS) is 21.9. The summed E-state index contributed by atoms with van der Waals surface area (Å²) >= 11 is 1.51. The van der Waals surface area contributed by atoms with Crippen molar-refractivity contribution in [2.75, 3.05) is 18.0 Å². The molecule has 0 saturated carbocycles. The van der Waals surface area contributed by atoms with E-state index in [1.165, 1.54) is 16.2 Å². The molecule has 3 fully saturated rings. The van der Waals surface area contributed by atoms with Crippen LogP contribution in [0.3, 0.4) is 0 Å². The molecule has 0 spiro atoms. The van der Waals surface area contributed by atoms with Gasteiger partial charge in [0.05, 0.1) is 24.3 Å². The molecule has 3 aromatic rings. The van der Waals surface area contributed by atoms with Gasteiger partial charge in [0.2, 0.25) is 0 Å². The number of aliphatic hydroxyl groups is 1. The highest BCUT2D eigenvalue weighted by Gasteiger charge is 2.48. The van der Waals surface area contributed by atoms with Crippen molar-refractivity contribution in [3.05, 3.63) is 29.3 Å². The number of carboxylic acid groups (broad SMARTS) is 1. The van der Waals surface area contributed by atoms with Crippen LogP contribution in [0.2, 0.25) is 0 Å². The number of rotatable bonds is 3. The second kappa shape index (κ2) is 5.68. The Morgan fingerprint density at radius 2 is 2.15 bits per heavy atom. The maximum absolute atomic E-state index is 11.3. The Hall–Kier alpha value is -2.65. The maximum Gasteiger partial charge on any atom is 0.407 e. The molecular weight excluding hydrogens is 356 g/mol. The number of nitrogens with zero attached hydrogens (tertiary/aromatic N) is 4. The summed E-state index contributed by atoms with van der Waals surface area (Å²) in [5.41, 5.74) is 2.78. The molecule has 26 heavy (non-hydrogen) atoms. The number of carbonyl (C=O) groups is 1. The molecular formula is C17H16N4O4S. The quantitative estimate of drug-likeness (QED) is 0.727. The Balaban J connectivity index is 1.54. The maximum atomic E-state index is 11.3. The number of aliphatic hydroxyl groups excluding tert-OH is 1. The third-order valence-corrected chi connectivity index (χ3v) is 5.94. The summed E-state index contributed by atoms with van der Waals surface area (Å²) < 4.78 is 6.07. The van der Waals surface area contributed by atoms with Crippen LogP contribution >= 0.6 is 11.3 Å². The monoisotopic (exact) mass is 372 g/mol. The van der Waals surface area contributed by atoms with Gasteiger partial charge in [0.1, 0.15) is 10.5 Å². The Labute approximate surface area is 152 Å². The van der Waals surface area contributed by atoms with Crippen molar-refractivity contribution in [2.45, 2.75) is 25.1 Å². The van der Waals surface area contributed by atoms with Gasteiger partial charge in [-0.05, 0) is 12.5 Å². The van der Waals surface area contributed by atoms with E-state index in [-0.39, 0.29) is 18.7 Å². The lowest BCUT2D eigenvalue weighted by Crippen LogP contribution is -2.70. The molecule has 5 heterocycles. The number of fused-ring (bicyclic) bond motifs is 3. The molecule has 3 saturated heterocycles. The van der Waals surface area contributed by atoms with E-state index in [4.69, 9.17) is 4.42 Å². The minimum absolute atomic E-state index is 0.0167. The minimum Gasteiger partial charge on any atom is -0.465 e. The summed E-state index contributed by atoms with van der Waals surface area (Å²) in [4.78, 5) is 23.7. The molecule has 3 aliphatic rings. The molecule has 9 heteroatoms. The van der Waals surface area contributed by atoms with E-state index in [2.05, 4.69) is 9.97 Å². The van der Waals surface area contributed by atoms with Crippen molar-refractivity contribution in [2.24, 2.45) is 0 Å². The van der Waals surface area contributed by atoms with Gasteiger partial charge in [0, 0.05) is 30.2 Å². The first-order valence-corrected chi connectivity index (χ1v) is 9.23. The molecule has 1 aromatic carbocycles. The van der Waals surface area contributed by atoms with Crippen LogP contribution in [0.15, 0.2) is 28.1 Å². The number of benzene rings is 1. The van der Waals surface area contributed by atoms with Crippen LogP contribution in [0.4, 0.5) is 10.8 Å². The average molecular weight is 372 g/mol. The average Bonchev–Trinajstić information content (AvgIpc) is 3.30. The van der Waals surface area contributed by atoms with E-state index in [9.17, 15) is 15.0 Å². The summed E-state index contributed by atoms with van der Waals surface area (Å²) in [5.74, 6) is 0. The molecule has 2 bridgehead atoms. The fraction of sp³-hybridized carbons (Fsp3) is 0.353. The van der Waals surface area contributed by atoms with E-state index >= 15 is 0 Å². The summed E-state index contributed by atoms with van der Waals surface area (Å²) in [6.45, 7) is 1.01. The van der Waals surface area contributed by atoms with Crippen molar-refractivity contribution in [1.82, 2.24) is 14.9 Å². The second-order valence-corrected chi connectivity index (χ2v) is 7.47. The number of thiazole rings is 1. The van der Waals surface area contributed by atoms with Gasteiger partial charge in [-0.15, -0.1) is 11.3 Å². The zero-order valence-electron chi connectivity index (χ0n) is 13.7. The van der Waals surface area contributed by atoms with Gasteiger partial charge in [-0.25, -0.2) is 9.78 Å². The lowest BCUT2D eigenvalue weighted by Gasteiger charge is -2.54. The van der Waals surface area contributed by atoms with Crippen LogP contribution in [0.25, 0.3) is 21.7 Å². The molecule has 0 aliphatic carbocycles. The molecule has 8 nitrogen and oxygen atoms in total. The Morgan fingerprint density at radius 3 is 2.81 bits per heavy atom. The van der Waals surface area contributed by atoms with Gasteiger partial charge in [-0.3, -0.25) is 4.90 Å². The SMILES string of the molecule is O=C(O)N1C2CC1CN(c1nc3c(CO)ccc(-c4nccs4)c3o1)C2. The van der Waals surface area contributed by atoms with E-state index in [1.54, 1.807) is 6.20 Å². The standard InChI is InChI=1S/C17H16N4O4S/c22-8-9-1-2-12(15-18-3-4-26-15)14-13(9)19-16(25-14)20-6-10-5-11(7-20)21(10)17(23)24/h1-4,10-11,22H,5-8H2,(H,23,24). The molecule has 0 radical (unpaired) electrons. The van der Waals surface area contributed by atoms with Crippen LogP contribution in [0.5, 0.6) is 0 Å². The molecule has 2 unspecified atom stereocenters. The van der Waals surface area contributed by atoms with Crippen molar-refractivity contribution < 1.29 is 19.4 Å². The number of aromatic nitrogens is 2. The van der Waals surface area contributed by atoms with Gasteiger partial charge >= 0.3 is 6.09 Å². The number of piperidine rings is 1. The molecule has 6 rings (SSSR count). The van der Waals surface area contributed by atoms with Crippen molar-refractivity contribution in [3.8, 4) is 10.6 Å². The van der Waals surface area contributed by atoms with Gasteiger partial charge in [-0.2, -0.15) is 4.98 Å².